The maximum absolute atomic E-state index is 13.3. The van der Waals surface area contributed by atoms with Gasteiger partial charge in [-0.05, 0) is 25.8 Å². The molecule has 20 heavy (non-hydrogen) atoms. The molecular formula is C15H24F2N2O. The summed E-state index contributed by atoms with van der Waals surface area (Å²) in [5.74, 6) is -2.20. The highest BCUT2D eigenvalue weighted by atomic mass is 19.3. The average molecular weight is 286 g/mol. The molecule has 0 aromatic carbocycles. The summed E-state index contributed by atoms with van der Waals surface area (Å²) < 4.78 is 33.9. The minimum atomic E-state index is -2.52. The molecule has 2 unspecified atom stereocenters. The van der Waals surface area contributed by atoms with Crippen molar-refractivity contribution >= 4 is 0 Å². The summed E-state index contributed by atoms with van der Waals surface area (Å²) in [6.07, 6.45) is 1.40. The SMILES string of the molecule is CC.Cc1cc(C2CCOC2)n(C2CCC(F)(F)C2)n1. The van der Waals surface area contributed by atoms with Gasteiger partial charge >= 0.3 is 0 Å². The van der Waals surface area contributed by atoms with Gasteiger partial charge in [-0.25, -0.2) is 8.78 Å². The quantitative estimate of drug-likeness (QED) is 0.819. The van der Waals surface area contributed by atoms with Gasteiger partial charge in [0.05, 0.1) is 18.3 Å². The molecule has 1 saturated carbocycles. The lowest BCUT2D eigenvalue weighted by Gasteiger charge is -2.17. The van der Waals surface area contributed by atoms with Crippen LogP contribution in [0.3, 0.4) is 0 Å². The van der Waals surface area contributed by atoms with E-state index in [0.29, 0.717) is 18.9 Å². The van der Waals surface area contributed by atoms with Crippen LogP contribution in [0.2, 0.25) is 0 Å². The predicted molar refractivity (Wildman–Crippen MR) is 74.3 cm³/mol. The van der Waals surface area contributed by atoms with Crippen molar-refractivity contribution in [3.8, 4) is 0 Å². The summed E-state index contributed by atoms with van der Waals surface area (Å²) in [5, 5.41) is 4.43. The van der Waals surface area contributed by atoms with Crippen LogP contribution in [0.4, 0.5) is 8.78 Å². The molecule has 114 valence electrons. The van der Waals surface area contributed by atoms with Crippen LogP contribution in [0.25, 0.3) is 0 Å². The molecule has 0 radical (unpaired) electrons. The summed E-state index contributed by atoms with van der Waals surface area (Å²) in [6.45, 7) is 7.37. The van der Waals surface area contributed by atoms with Crippen molar-refractivity contribution in [3.05, 3.63) is 17.5 Å². The Kier molecular flexibility index (Phi) is 4.78. The average Bonchev–Trinajstić information content (AvgIpc) is 3.10. The number of ether oxygens (including phenoxy) is 1. The van der Waals surface area contributed by atoms with Crippen LogP contribution in [-0.2, 0) is 4.74 Å². The molecule has 2 aliphatic rings. The molecule has 1 aromatic rings. The monoisotopic (exact) mass is 286 g/mol. The first-order valence-electron chi connectivity index (χ1n) is 7.57. The Bertz CT molecular complexity index is 439. The summed E-state index contributed by atoms with van der Waals surface area (Å²) in [4.78, 5) is 0. The summed E-state index contributed by atoms with van der Waals surface area (Å²) >= 11 is 0. The molecule has 1 aromatic heterocycles. The molecule has 3 nitrogen and oxygen atoms in total. The molecule has 3 rings (SSSR count). The number of alkyl halides is 2. The number of hydrogen-bond donors (Lipinski definition) is 0. The van der Waals surface area contributed by atoms with Gasteiger partial charge in [-0.3, -0.25) is 4.68 Å². The van der Waals surface area contributed by atoms with Gasteiger partial charge in [0.2, 0.25) is 5.92 Å². The first kappa shape index (κ1) is 15.4. The van der Waals surface area contributed by atoms with Crippen molar-refractivity contribution in [2.24, 2.45) is 0 Å². The molecule has 2 atom stereocenters. The molecule has 0 spiro atoms. The van der Waals surface area contributed by atoms with E-state index in [1.54, 1.807) is 0 Å². The fourth-order valence-corrected chi connectivity index (χ4v) is 3.04. The molecule has 0 N–H and O–H groups in total. The van der Waals surface area contributed by atoms with Crippen LogP contribution >= 0.6 is 0 Å². The minimum Gasteiger partial charge on any atom is -0.381 e. The number of halogens is 2. The second-order valence-corrected chi connectivity index (χ2v) is 5.47. The van der Waals surface area contributed by atoms with E-state index >= 15 is 0 Å². The van der Waals surface area contributed by atoms with E-state index in [0.717, 1.165) is 24.4 Å². The maximum Gasteiger partial charge on any atom is 0.250 e. The zero-order valence-corrected chi connectivity index (χ0v) is 12.5. The fraction of sp³-hybridized carbons (Fsp3) is 0.800. The van der Waals surface area contributed by atoms with Crippen molar-refractivity contribution < 1.29 is 13.5 Å². The van der Waals surface area contributed by atoms with E-state index < -0.39 is 5.92 Å². The molecule has 1 aliphatic heterocycles. The second kappa shape index (κ2) is 6.20. The summed E-state index contributed by atoms with van der Waals surface area (Å²) in [6, 6.07) is 1.87. The lowest BCUT2D eigenvalue weighted by Crippen LogP contribution is -2.16. The highest BCUT2D eigenvalue weighted by Crippen LogP contribution is 2.42. The largest absolute Gasteiger partial charge is 0.381 e. The van der Waals surface area contributed by atoms with Crippen molar-refractivity contribution in [3.63, 3.8) is 0 Å². The summed E-state index contributed by atoms with van der Waals surface area (Å²) in [5.41, 5.74) is 1.99. The van der Waals surface area contributed by atoms with Crippen LogP contribution in [-0.4, -0.2) is 28.9 Å². The van der Waals surface area contributed by atoms with Crippen molar-refractivity contribution in [1.29, 1.82) is 0 Å². The Morgan fingerprint density at radius 1 is 1.35 bits per heavy atom. The Hall–Kier alpha value is -0.970. The maximum atomic E-state index is 13.3. The van der Waals surface area contributed by atoms with Gasteiger partial charge in [0.15, 0.2) is 0 Å². The molecule has 2 heterocycles. The third kappa shape index (κ3) is 3.19. The summed E-state index contributed by atoms with van der Waals surface area (Å²) in [7, 11) is 0. The van der Waals surface area contributed by atoms with Crippen molar-refractivity contribution in [2.75, 3.05) is 13.2 Å². The predicted octanol–water partition coefficient (Wildman–Crippen LogP) is 4.08. The normalized spacial score (nSPS) is 28.2. The van der Waals surface area contributed by atoms with Crippen LogP contribution in [0.15, 0.2) is 6.07 Å². The first-order chi connectivity index (χ1) is 9.55. The zero-order valence-electron chi connectivity index (χ0n) is 12.5. The topological polar surface area (TPSA) is 27.1 Å². The van der Waals surface area contributed by atoms with Gasteiger partial charge in [0.1, 0.15) is 0 Å². The lowest BCUT2D eigenvalue weighted by molar-refractivity contribution is 0.00503. The number of aryl methyl sites for hydroxylation is 1. The van der Waals surface area contributed by atoms with E-state index in [4.69, 9.17) is 4.74 Å². The highest BCUT2D eigenvalue weighted by molar-refractivity contribution is 5.16. The van der Waals surface area contributed by atoms with E-state index in [1.165, 1.54) is 0 Å². The third-order valence-electron chi connectivity index (χ3n) is 3.96. The van der Waals surface area contributed by atoms with Gasteiger partial charge in [-0.2, -0.15) is 5.10 Å². The van der Waals surface area contributed by atoms with E-state index in [9.17, 15) is 8.78 Å². The zero-order chi connectivity index (χ0) is 14.8. The number of aromatic nitrogens is 2. The highest BCUT2D eigenvalue weighted by Gasteiger charge is 2.41. The number of nitrogens with zero attached hydrogens (tertiary/aromatic N) is 2. The number of rotatable bonds is 2. The van der Waals surface area contributed by atoms with Crippen LogP contribution in [0.1, 0.15) is 62.9 Å². The van der Waals surface area contributed by atoms with Gasteiger partial charge in [-0.1, -0.05) is 13.8 Å². The van der Waals surface area contributed by atoms with Gasteiger partial charge < -0.3 is 4.74 Å². The van der Waals surface area contributed by atoms with Gasteiger partial charge in [0.25, 0.3) is 0 Å². The minimum absolute atomic E-state index is 0.0167. The smallest absolute Gasteiger partial charge is 0.250 e. The molecule has 0 amide bonds. The molecule has 1 aliphatic carbocycles. The molecule has 1 saturated heterocycles. The third-order valence-corrected chi connectivity index (χ3v) is 3.96. The first-order valence-corrected chi connectivity index (χ1v) is 7.57. The van der Waals surface area contributed by atoms with E-state index in [1.807, 2.05) is 31.5 Å². The van der Waals surface area contributed by atoms with Crippen molar-refractivity contribution in [1.82, 2.24) is 9.78 Å². The molecule has 0 bridgehead atoms. The Labute approximate surface area is 119 Å². The van der Waals surface area contributed by atoms with E-state index in [-0.39, 0.29) is 18.9 Å². The molecular weight excluding hydrogens is 262 g/mol. The van der Waals surface area contributed by atoms with Crippen molar-refractivity contribution in [2.45, 2.75) is 64.3 Å². The van der Waals surface area contributed by atoms with Crippen LogP contribution in [0.5, 0.6) is 0 Å². The lowest BCUT2D eigenvalue weighted by atomic mass is 10.0. The van der Waals surface area contributed by atoms with Gasteiger partial charge in [0, 0.05) is 31.1 Å². The Balaban J connectivity index is 0.000000704. The van der Waals surface area contributed by atoms with E-state index in [2.05, 4.69) is 5.10 Å². The molecule has 2 fully saturated rings. The molecule has 5 heteroatoms. The van der Waals surface area contributed by atoms with Crippen LogP contribution in [0, 0.1) is 6.92 Å². The number of hydrogen-bond acceptors (Lipinski definition) is 2. The van der Waals surface area contributed by atoms with Crippen LogP contribution < -0.4 is 0 Å². The fourth-order valence-electron chi connectivity index (χ4n) is 3.04. The van der Waals surface area contributed by atoms with Gasteiger partial charge in [-0.15, -0.1) is 0 Å². The Morgan fingerprint density at radius 2 is 2.10 bits per heavy atom. The Morgan fingerprint density at radius 3 is 2.65 bits per heavy atom. The second-order valence-electron chi connectivity index (χ2n) is 5.47. The standard InChI is InChI=1S/C13H18F2N2O.C2H6/c1-9-6-12(10-3-5-18-8-10)17(16-9)11-2-4-13(14,15)7-11;1-2/h6,10-11H,2-5,7-8H2,1H3;1-2H3.